The van der Waals surface area contributed by atoms with E-state index < -0.39 is 0 Å². The minimum Gasteiger partial charge on any atom is -0.870 e. The molecule has 9 heteroatoms. The summed E-state index contributed by atoms with van der Waals surface area (Å²) < 4.78 is 9.12. The number of rotatable bonds is 0. The van der Waals surface area contributed by atoms with Crippen LogP contribution in [0.4, 0.5) is 3.61 Å². The van der Waals surface area contributed by atoms with Crippen LogP contribution in [0.15, 0.2) is 0 Å². The van der Waals surface area contributed by atoms with E-state index in [0.717, 1.165) is 0 Å². The van der Waals surface area contributed by atoms with Gasteiger partial charge in [-0.05, 0) is 0 Å². The molecule has 0 fully saturated rings. The van der Waals surface area contributed by atoms with E-state index in [9.17, 15) is 0 Å². The first-order valence-corrected chi connectivity index (χ1v) is 0.493. The molecule has 0 heterocycles. The Morgan fingerprint density at radius 2 is 0.667 bits per heavy atom. The topological polar surface area (TPSA) is 150 Å². The van der Waals surface area contributed by atoms with Gasteiger partial charge < -0.3 is 27.4 Å². The van der Waals surface area contributed by atoms with Gasteiger partial charge in [-0.25, -0.2) is 0 Å². The maximum Gasteiger partial charge on any atom is 2.00 e. The molecule has 0 bridgehead atoms. The molecule has 9 heavy (non-hydrogen) atoms. The molecule has 0 unspecified atom stereocenters. The van der Waals surface area contributed by atoms with E-state index in [2.05, 4.69) is 15.9 Å². The molecule has 0 aromatic rings. The van der Waals surface area contributed by atoms with Crippen molar-refractivity contribution in [3.63, 3.8) is 0 Å². The van der Waals surface area contributed by atoms with Crippen LogP contribution < -0.4 is 0 Å². The Morgan fingerprint density at radius 1 is 0.667 bits per heavy atom. The first-order valence-electron chi connectivity index (χ1n) is 0.120. The molecule has 5 N–H and O–H groups in total. The summed E-state index contributed by atoms with van der Waals surface area (Å²) >= 11 is 2.38. The Balaban J connectivity index is -0.000000000238. The van der Waals surface area contributed by atoms with E-state index >= 15 is 0 Å². The zero-order valence-electron chi connectivity index (χ0n) is 3.64. The Hall–Kier alpha value is 1.25. The van der Waals surface area contributed by atoms with E-state index in [1.54, 1.807) is 0 Å². The van der Waals surface area contributed by atoms with Crippen molar-refractivity contribution in [1.82, 2.24) is 0 Å². The van der Waals surface area contributed by atoms with Crippen molar-refractivity contribution in [2.75, 3.05) is 0 Å². The van der Waals surface area contributed by atoms with Crippen LogP contribution in [-0.2, 0) is 49.8 Å². The van der Waals surface area contributed by atoms with Crippen LogP contribution in [0.2, 0.25) is 0 Å². The standard InChI is InChI=1S/Co.FH.Mn.Ni.5H2O/h;1H;;;5*1H2/q+2;;2*+2;;;;;/p-6. The molecule has 0 saturated carbocycles. The van der Waals surface area contributed by atoms with Crippen molar-refractivity contribution in [2.24, 2.45) is 0 Å². The number of halogens is 1. The van der Waals surface area contributed by atoms with Gasteiger partial charge in [0.1, 0.15) is 0 Å². The van der Waals surface area contributed by atoms with Gasteiger partial charge in [0.05, 0.1) is 0 Å². The van der Waals surface area contributed by atoms with Gasteiger partial charge in [0.15, 0.2) is 0 Å². The summed E-state index contributed by atoms with van der Waals surface area (Å²) in [5.74, 6) is 0. The molecular weight excluding hydrogens is 272 g/mol. The van der Waals surface area contributed by atoms with Gasteiger partial charge in [0.25, 0.3) is 0 Å². The molecule has 68 valence electrons. The molecule has 0 spiro atoms. The fourth-order valence-electron chi connectivity index (χ4n) is 0. The van der Waals surface area contributed by atoms with Crippen molar-refractivity contribution in [2.45, 2.75) is 0 Å². The summed E-state index contributed by atoms with van der Waals surface area (Å²) in [6.07, 6.45) is 0. The largest absolute Gasteiger partial charge is 2.00 e. The molecule has 0 aliphatic heterocycles. The van der Waals surface area contributed by atoms with E-state index in [1.165, 1.54) is 0 Å². The van der Waals surface area contributed by atoms with Crippen LogP contribution in [0.25, 0.3) is 0 Å². The van der Waals surface area contributed by atoms with E-state index in [1.807, 2.05) is 0 Å². The van der Waals surface area contributed by atoms with Crippen LogP contribution >= 0.6 is 0 Å². The average Bonchev–Trinajstić information content (AvgIpc) is 1.00. The van der Waals surface area contributed by atoms with Gasteiger partial charge in [0.2, 0.25) is 0 Å². The summed E-state index contributed by atoms with van der Waals surface area (Å²) in [5, 5.41) is 0. The van der Waals surface area contributed by atoms with E-state index in [4.69, 9.17) is 3.61 Å². The van der Waals surface area contributed by atoms with Crippen molar-refractivity contribution < 1.29 is 80.7 Å². The van der Waals surface area contributed by atoms with Crippen molar-refractivity contribution in [3.05, 3.63) is 0 Å². The Kier molecular flexibility index (Phi) is 7760. The molecule has 0 aliphatic carbocycles. The second kappa shape index (κ2) is 403. The molecule has 0 rings (SSSR count). The average molecular weight is 277 g/mol. The second-order valence-corrected chi connectivity index (χ2v) is 0. The zero-order chi connectivity index (χ0) is 2.00. The number of hydrogen-bond acceptors (Lipinski definition) is 5. The number of hydrogen-bond donors (Lipinski definition) is 0. The third-order valence-electron chi connectivity index (χ3n) is 0. The summed E-state index contributed by atoms with van der Waals surface area (Å²) in [4.78, 5) is 0. The molecule has 5 nitrogen and oxygen atoms in total. The zero-order valence-corrected chi connectivity index (χ0v) is 6.85. The SMILES string of the molecule is [Co+2].[F][Ni+].[Mn+2].[OH-].[OH-].[OH-].[OH-].[OH-]. The monoisotopic (exact) mass is 276 g/mol. The van der Waals surface area contributed by atoms with Crippen molar-refractivity contribution in [1.29, 1.82) is 0 Å². The summed E-state index contributed by atoms with van der Waals surface area (Å²) in [7, 11) is 0. The predicted molar refractivity (Wildman–Crippen MR) is 10.8 cm³/mol. The Labute approximate surface area is 80.8 Å². The summed E-state index contributed by atoms with van der Waals surface area (Å²) in [6.45, 7) is 0. The van der Waals surface area contributed by atoms with Crippen LogP contribution in [0.3, 0.4) is 0 Å². The van der Waals surface area contributed by atoms with Gasteiger partial charge in [-0.15, -0.1) is 0 Å². The van der Waals surface area contributed by atoms with Gasteiger partial charge in [-0.3, -0.25) is 0 Å². The molecule has 0 saturated heterocycles. The summed E-state index contributed by atoms with van der Waals surface area (Å²) in [5.41, 5.74) is 0. The van der Waals surface area contributed by atoms with E-state index in [-0.39, 0.29) is 61.2 Å². The molecule has 0 aromatic carbocycles. The maximum absolute atomic E-state index is 9.12. The van der Waals surface area contributed by atoms with Crippen molar-refractivity contribution in [3.8, 4) is 0 Å². The first-order chi connectivity index (χ1) is 1.00. The molecular formula is H5CoFMnNiO5. The van der Waals surface area contributed by atoms with Crippen LogP contribution in [-0.4, -0.2) is 27.4 Å². The van der Waals surface area contributed by atoms with E-state index in [0.29, 0.717) is 0 Å². The second-order valence-electron chi connectivity index (χ2n) is 0. The quantitative estimate of drug-likeness (QED) is 0.548. The van der Waals surface area contributed by atoms with Gasteiger partial charge >= 0.3 is 53.4 Å². The smallest absolute Gasteiger partial charge is 0.870 e. The fourth-order valence-corrected chi connectivity index (χ4v) is 0. The summed E-state index contributed by atoms with van der Waals surface area (Å²) in [6, 6.07) is 0. The van der Waals surface area contributed by atoms with Gasteiger partial charge in [0, 0.05) is 0 Å². The van der Waals surface area contributed by atoms with Crippen LogP contribution in [0.5, 0.6) is 0 Å². The maximum atomic E-state index is 9.12. The van der Waals surface area contributed by atoms with Crippen LogP contribution in [0.1, 0.15) is 0 Å². The molecule has 0 aliphatic rings. The van der Waals surface area contributed by atoms with Crippen LogP contribution in [0, 0.1) is 0 Å². The minimum atomic E-state index is 0. The van der Waals surface area contributed by atoms with Crippen molar-refractivity contribution >= 4 is 0 Å². The molecule has 0 amide bonds. The Morgan fingerprint density at radius 3 is 0.667 bits per heavy atom. The van der Waals surface area contributed by atoms with Gasteiger partial charge in [-0.2, -0.15) is 0 Å². The normalized spacial score (nSPS) is 0.778. The predicted octanol–water partition coefficient (Wildman–Crippen LogP) is -0.471. The first kappa shape index (κ1) is 173. The third-order valence-corrected chi connectivity index (χ3v) is 0. The molecule has 2 radical (unpaired) electrons. The minimum absolute atomic E-state index is 0. The molecule has 0 aromatic heterocycles. The third kappa shape index (κ3) is 311. The fraction of sp³-hybridized carbons (Fsp3) is 0. The van der Waals surface area contributed by atoms with Gasteiger partial charge in [-0.1, -0.05) is 0 Å². The molecule has 0 atom stereocenters. The Bertz CT molecular complexity index is 16.9.